The van der Waals surface area contributed by atoms with Crippen LogP contribution in [0.25, 0.3) is 0 Å². The third-order valence-electron chi connectivity index (χ3n) is 2.96. The highest BCUT2D eigenvalue weighted by Crippen LogP contribution is 2.20. The van der Waals surface area contributed by atoms with Crippen LogP contribution in [0.2, 0.25) is 5.02 Å². The van der Waals surface area contributed by atoms with Gasteiger partial charge in [-0.25, -0.2) is 0 Å². The van der Waals surface area contributed by atoms with Crippen molar-refractivity contribution >= 4 is 46.1 Å². The van der Waals surface area contributed by atoms with Gasteiger partial charge in [0, 0.05) is 18.5 Å². The van der Waals surface area contributed by atoms with Crippen molar-refractivity contribution in [1.82, 2.24) is 10.6 Å². The lowest BCUT2D eigenvalue weighted by Crippen LogP contribution is -2.43. The van der Waals surface area contributed by atoms with Gasteiger partial charge in [-0.3, -0.25) is 9.59 Å². The Hall–Kier alpha value is -1.86. The molecule has 0 spiro atoms. The van der Waals surface area contributed by atoms with Crippen LogP contribution in [0.5, 0.6) is 0 Å². The second kappa shape index (κ2) is 7.42. The molecule has 1 fully saturated rings. The Balaban J connectivity index is 2.13. The Bertz CT molecular complexity index is 643. The van der Waals surface area contributed by atoms with Gasteiger partial charge in [0.1, 0.15) is 0 Å². The molecule has 8 heteroatoms. The number of carbonyl (C=O) groups excluding carboxylic acids is 2. The minimum Gasteiger partial charge on any atom is -0.358 e. The van der Waals surface area contributed by atoms with E-state index in [0.717, 1.165) is 5.56 Å². The number of hydrogen-bond donors (Lipinski definition) is 2. The third-order valence-corrected chi connectivity index (χ3v) is 4.29. The van der Waals surface area contributed by atoms with E-state index >= 15 is 0 Å². The number of amides is 2. The van der Waals surface area contributed by atoms with Crippen molar-refractivity contribution in [2.45, 2.75) is 18.6 Å². The monoisotopic (exact) mass is 338 g/mol. The SMILES string of the molecule is CNC(=O)[C@H]1CC(=O)N/C(=N/N=C(/C)c2ccc(Cl)cc2)S1. The van der Waals surface area contributed by atoms with Crippen molar-refractivity contribution in [3.05, 3.63) is 34.9 Å². The number of hydrogen-bond acceptors (Lipinski definition) is 5. The highest BCUT2D eigenvalue weighted by Gasteiger charge is 2.29. The number of nitrogens with zero attached hydrogens (tertiary/aromatic N) is 2. The fourth-order valence-electron chi connectivity index (χ4n) is 1.77. The van der Waals surface area contributed by atoms with Crippen LogP contribution in [0.3, 0.4) is 0 Å². The maximum Gasteiger partial charge on any atom is 0.233 e. The molecule has 0 aromatic heterocycles. The Kier molecular flexibility index (Phi) is 5.57. The molecular weight excluding hydrogens is 324 g/mol. The number of carbonyl (C=O) groups is 2. The lowest BCUT2D eigenvalue weighted by atomic mass is 10.1. The lowest BCUT2D eigenvalue weighted by molar-refractivity contribution is -0.125. The van der Waals surface area contributed by atoms with Crippen molar-refractivity contribution in [3.8, 4) is 0 Å². The van der Waals surface area contributed by atoms with Gasteiger partial charge >= 0.3 is 0 Å². The first-order valence-electron chi connectivity index (χ1n) is 6.56. The normalized spacial score (nSPS) is 20.7. The molecule has 0 saturated carbocycles. The van der Waals surface area contributed by atoms with Crippen LogP contribution in [-0.4, -0.2) is 35.0 Å². The summed E-state index contributed by atoms with van der Waals surface area (Å²) in [5, 5.41) is 13.7. The van der Waals surface area contributed by atoms with Gasteiger partial charge < -0.3 is 10.6 Å². The molecule has 2 N–H and O–H groups in total. The summed E-state index contributed by atoms with van der Waals surface area (Å²) in [5.74, 6) is -0.448. The van der Waals surface area contributed by atoms with E-state index < -0.39 is 5.25 Å². The zero-order valence-corrected chi connectivity index (χ0v) is 13.7. The van der Waals surface area contributed by atoms with Crippen molar-refractivity contribution in [2.75, 3.05) is 7.05 Å². The first kappa shape index (κ1) is 16.5. The molecule has 1 heterocycles. The third kappa shape index (κ3) is 4.32. The fourth-order valence-corrected chi connectivity index (χ4v) is 2.89. The Morgan fingerprint density at radius 1 is 1.41 bits per heavy atom. The van der Waals surface area contributed by atoms with Crippen LogP contribution in [0.1, 0.15) is 18.9 Å². The highest BCUT2D eigenvalue weighted by molar-refractivity contribution is 8.15. The molecule has 22 heavy (non-hydrogen) atoms. The van der Waals surface area contributed by atoms with Gasteiger partial charge in [0.05, 0.1) is 11.0 Å². The highest BCUT2D eigenvalue weighted by atomic mass is 35.5. The zero-order valence-electron chi connectivity index (χ0n) is 12.1. The number of rotatable bonds is 3. The van der Waals surface area contributed by atoms with Crippen molar-refractivity contribution in [3.63, 3.8) is 0 Å². The van der Waals surface area contributed by atoms with Gasteiger partial charge in [-0.1, -0.05) is 35.5 Å². The van der Waals surface area contributed by atoms with Crippen molar-refractivity contribution < 1.29 is 9.59 Å². The van der Waals surface area contributed by atoms with Crippen molar-refractivity contribution in [2.24, 2.45) is 10.2 Å². The molecule has 0 aliphatic carbocycles. The van der Waals surface area contributed by atoms with E-state index in [1.807, 2.05) is 12.1 Å². The van der Waals surface area contributed by atoms with Crippen LogP contribution in [-0.2, 0) is 9.59 Å². The van der Waals surface area contributed by atoms with Gasteiger partial charge in [0.25, 0.3) is 0 Å². The predicted molar refractivity (Wildman–Crippen MR) is 89.3 cm³/mol. The van der Waals surface area contributed by atoms with Crippen LogP contribution < -0.4 is 10.6 Å². The standard InChI is InChI=1S/C14H15ClN4O2S/c1-8(9-3-5-10(15)6-4-9)18-19-14-17-12(20)7-11(22-14)13(21)16-2/h3-6,11H,7H2,1-2H3,(H,16,21)(H,17,19,20)/b18-8-/t11-/m1/s1. The molecule has 1 saturated heterocycles. The van der Waals surface area contributed by atoms with Gasteiger partial charge in [-0.05, 0) is 24.6 Å². The second-order valence-electron chi connectivity index (χ2n) is 4.57. The molecule has 0 radical (unpaired) electrons. The summed E-state index contributed by atoms with van der Waals surface area (Å²) in [5.41, 5.74) is 1.56. The molecule has 1 aromatic rings. The summed E-state index contributed by atoms with van der Waals surface area (Å²) in [6, 6.07) is 7.20. The molecule has 1 aromatic carbocycles. The van der Waals surface area contributed by atoms with Crippen LogP contribution in [0, 0.1) is 0 Å². The molecule has 2 amide bonds. The summed E-state index contributed by atoms with van der Waals surface area (Å²) in [6.07, 6.45) is 0.128. The molecule has 1 atom stereocenters. The van der Waals surface area contributed by atoms with Crippen LogP contribution >= 0.6 is 23.4 Å². The van der Waals surface area contributed by atoms with E-state index in [1.54, 1.807) is 19.1 Å². The van der Waals surface area contributed by atoms with Gasteiger partial charge in [0.15, 0.2) is 5.17 Å². The van der Waals surface area contributed by atoms with E-state index in [-0.39, 0.29) is 18.2 Å². The number of thioether (sulfide) groups is 1. The van der Waals surface area contributed by atoms with E-state index in [4.69, 9.17) is 11.6 Å². The zero-order chi connectivity index (χ0) is 16.1. The van der Waals surface area contributed by atoms with Gasteiger partial charge in [-0.2, -0.15) is 5.10 Å². The van der Waals surface area contributed by atoms with Crippen molar-refractivity contribution in [1.29, 1.82) is 0 Å². The van der Waals surface area contributed by atoms with E-state index in [0.29, 0.717) is 15.9 Å². The second-order valence-corrected chi connectivity index (χ2v) is 6.20. The number of nitrogens with one attached hydrogen (secondary N) is 2. The molecule has 1 aliphatic rings. The maximum atomic E-state index is 11.6. The van der Waals surface area contributed by atoms with Gasteiger partial charge in [-0.15, -0.1) is 5.10 Å². The topological polar surface area (TPSA) is 82.9 Å². The first-order valence-corrected chi connectivity index (χ1v) is 7.81. The minimum atomic E-state index is -0.483. The van der Waals surface area contributed by atoms with E-state index in [9.17, 15) is 9.59 Å². The van der Waals surface area contributed by atoms with Gasteiger partial charge in [0.2, 0.25) is 11.8 Å². The number of halogens is 1. The summed E-state index contributed by atoms with van der Waals surface area (Å²) in [6.45, 7) is 1.80. The smallest absolute Gasteiger partial charge is 0.233 e. The molecule has 0 unspecified atom stereocenters. The van der Waals surface area contributed by atoms with E-state index in [2.05, 4.69) is 20.8 Å². The first-order chi connectivity index (χ1) is 10.5. The van der Waals surface area contributed by atoms with Crippen LogP contribution in [0.15, 0.2) is 34.5 Å². The summed E-state index contributed by atoms with van der Waals surface area (Å²) in [4.78, 5) is 23.2. The Morgan fingerprint density at radius 2 is 2.09 bits per heavy atom. The molecule has 1 aliphatic heterocycles. The molecule has 116 valence electrons. The number of benzene rings is 1. The molecule has 0 bridgehead atoms. The fraction of sp³-hybridized carbons (Fsp3) is 0.286. The summed E-state index contributed by atoms with van der Waals surface area (Å²) < 4.78 is 0. The molecule has 6 nitrogen and oxygen atoms in total. The summed E-state index contributed by atoms with van der Waals surface area (Å²) in [7, 11) is 1.54. The predicted octanol–water partition coefficient (Wildman–Crippen LogP) is 1.79. The molecular formula is C14H15ClN4O2S. The van der Waals surface area contributed by atoms with Crippen LogP contribution in [0.4, 0.5) is 0 Å². The minimum absolute atomic E-state index is 0.128. The average molecular weight is 339 g/mol. The van der Waals surface area contributed by atoms with E-state index in [1.165, 1.54) is 18.8 Å². The Labute approximate surface area is 137 Å². The number of amidine groups is 1. The lowest BCUT2D eigenvalue weighted by Gasteiger charge is -2.20. The largest absolute Gasteiger partial charge is 0.358 e. The Morgan fingerprint density at radius 3 is 2.73 bits per heavy atom. The maximum absolute atomic E-state index is 11.6. The molecule has 2 rings (SSSR count). The average Bonchev–Trinajstić information content (AvgIpc) is 2.52. The summed E-state index contributed by atoms with van der Waals surface area (Å²) >= 11 is 7.02. The quantitative estimate of drug-likeness (QED) is 0.651.